The molecule has 4 aliphatic rings. The summed E-state index contributed by atoms with van der Waals surface area (Å²) in [6.07, 6.45) is 1.68. The van der Waals surface area contributed by atoms with Gasteiger partial charge in [0.25, 0.3) is 0 Å². The second-order valence-electron chi connectivity index (χ2n) is 5.82. The van der Waals surface area contributed by atoms with Gasteiger partial charge in [-0.25, -0.2) is 0 Å². The molecule has 0 unspecified atom stereocenters. The number of carbonyl (C=O) groups excluding carboxylic acids is 1. The average Bonchev–Trinajstić information content (AvgIpc) is 3.18. The highest BCUT2D eigenvalue weighted by atomic mass is 16.5. The minimum Gasteiger partial charge on any atom is -0.425 e. The van der Waals surface area contributed by atoms with Gasteiger partial charge in [-0.2, -0.15) is 0 Å². The molecule has 0 saturated carbocycles. The second kappa shape index (κ2) is 3.61. The van der Waals surface area contributed by atoms with Crippen LogP contribution in [0.25, 0.3) is 0 Å². The highest BCUT2D eigenvalue weighted by Gasteiger charge is 2.58. The zero-order valence-corrected chi connectivity index (χ0v) is 11.5. The zero-order valence-electron chi connectivity index (χ0n) is 11.5. The van der Waals surface area contributed by atoms with Crippen molar-refractivity contribution in [1.29, 1.82) is 0 Å². The van der Waals surface area contributed by atoms with E-state index in [1.54, 1.807) is 0 Å². The number of hydrogen-bond acceptors (Lipinski definition) is 4. The molecule has 1 spiro atoms. The maximum absolute atomic E-state index is 13.0. The topological polar surface area (TPSA) is 62.4 Å². The normalized spacial score (nSPS) is 24.1. The Labute approximate surface area is 122 Å². The van der Waals surface area contributed by atoms with Crippen LogP contribution in [-0.2, 0) is 14.9 Å². The van der Waals surface area contributed by atoms with Gasteiger partial charge < -0.3 is 20.7 Å². The van der Waals surface area contributed by atoms with E-state index >= 15 is 0 Å². The minimum absolute atomic E-state index is 0.0550. The van der Waals surface area contributed by atoms with E-state index in [4.69, 9.17) is 4.74 Å². The molecule has 0 radical (unpaired) electrons. The summed E-state index contributed by atoms with van der Waals surface area (Å²) in [4.78, 5) is 13.0. The van der Waals surface area contributed by atoms with Crippen LogP contribution in [0.4, 0.5) is 5.69 Å². The lowest BCUT2D eigenvalue weighted by molar-refractivity contribution is -0.119. The molecule has 1 aromatic rings. The van der Waals surface area contributed by atoms with E-state index in [-0.39, 0.29) is 5.91 Å². The highest BCUT2D eigenvalue weighted by Crippen LogP contribution is 2.55. The molecule has 4 heterocycles. The van der Waals surface area contributed by atoms with Crippen LogP contribution in [0.1, 0.15) is 18.4 Å². The van der Waals surface area contributed by atoms with Crippen LogP contribution in [-0.4, -0.2) is 19.0 Å². The van der Waals surface area contributed by atoms with Crippen molar-refractivity contribution in [2.75, 3.05) is 18.4 Å². The first-order chi connectivity index (χ1) is 10.3. The first-order valence-corrected chi connectivity index (χ1v) is 7.35. The number of rotatable bonds is 0. The van der Waals surface area contributed by atoms with Gasteiger partial charge >= 0.3 is 0 Å². The number of ether oxygens (including phenoxy) is 1. The second-order valence-corrected chi connectivity index (χ2v) is 5.82. The Morgan fingerprint density at radius 3 is 2.38 bits per heavy atom. The van der Waals surface area contributed by atoms with Crippen LogP contribution in [0.5, 0.6) is 0 Å². The third-order valence-corrected chi connectivity index (χ3v) is 4.90. The Morgan fingerprint density at radius 2 is 1.67 bits per heavy atom. The molecule has 4 aliphatic heterocycles. The van der Waals surface area contributed by atoms with E-state index in [2.05, 4.69) is 22.0 Å². The number of fused-ring (bicyclic) bond motifs is 4. The molecular weight excluding hydrogens is 266 g/mol. The zero-order chi connectivity index (χ0) is 14.0. The lowest BCUT2D eigenvalue weighted by Crippen LogP contribution is -2.41. The number of para-hydroxylation sites is 1. The average molecular weight is 281 g/mol. The van der Waals surface area contributed by atoms with Crippen molar-refractivity contribution >= 4 is 11.6 Å². The van der Waals surface area contributed by atoms with Gasteiger partial charge in [0.15, 0.2) is 11.8 Å². The Hall–Kier alpha value is -2.43. The van der Waals surface area contributed by atoms with Crippen LogP contribution in [0, 0.1) is 0 Å². The summed E-state index contributed by atoms with van der Waals surface area (Å²) in [6, 6.07) is 8.00. The summed E-state index contributed by atoms with van der Waals surface area (Å²) in [5.74, 6) is 1.57. The van der Waals surface area contributed by atoms with E-state index in [0.29, 0.717) is 0 Å². The summed E-state index contributed by atoms with van der Waals surface area (Å²) in [5, 5.41) is 9.62. The predicted octanol–water partition coefficient (Wildman–Crippen LogP) is 1.32. The molecular formula is C16H15N3O2. The number of amides is 1. The standard InChI is InChI=1S/C16H15N3O2/c20-15-16(9-3-1-2-4-12(9)19-15)10-5-7-17-13(10)21-14-11(16)6-8-18-14/h1-4,17-18H,5-8H2,(H,19,20). The third kappa shape index (κ3) is 1.16. The maximum atomic E-state index is 13.0. The first kappa shape index (κ1) is 11.3. The Bertz CT molecular complexity index is 718. The molecule has 3 N–H and O–H groups in total. The molecule has 21 heavy (non-hydrogen) atoms. The van der Waals surface area contributed by atoms with Crippen LogP contribution in [0.2, 0.25) is 0 Å². The molecule has 5 heteroatoms. The van der Waals surface area contributed by atoms with Gasteiger partial charge in [-0.1, -0.05) is 18.2 Å². The van der Waals surface area contributed by atoms with E-state index in [0.717, 1.165) is 60.1 Å². The maximum Gasteiger partial charge on any atom is 0.243 e. The number of hydrogen-bond donors (Lipinski definition) is 3. The molecule has 0 aromatic heterocycles. The van der Waals surface area contributed by atoms with Crippen molar-refractivity contribution in [2.24, 2.45) is 0 Å². The molecule has 0 saturated heterocycles. The first-order valence-electron chi connectivity index (χ1n) is 7.35. The van der Waals surface area contributed by atoms with E-state index < -0.39 is 5.41 Å². The highest BCUT2D eigenvalue weighted by molar-refractivity contribution is 6.11. The van der Waals surface area contributed by atoms with Gasteiger partial charge in [0.2, 0.25) is 5.91 Å². The lowest BCUT2D eigenvalue weighted by Gasteiger charge is -2.34. The van der Waals surface area contributed by atoms with Crippen molar-refractivity contribution in [2.45, 2.75) is 18.3 Å². The monoisotopic (exact) mass is 281 g/mol. The van der Waals surface area contributed by atoms with Crippen molar-refractivity contribution in [3.05, 3.63) is 52.7 Å². The molecule has 5 nitrogen and oxygen atoms in total. The summed E-state index contributed by atoms with van der Waals surface area (Å²) >= 11 is 0. The molecule has 0 fully saturated rings. The summed E-state index contributed by atoms with van der Waals surface area (Å²) in [6.45, 7) is 1.64. The van der Waals surface area contributed by atoms with Gasteiger partial charge in [-0.3, -0.25) is 4.79 Å². The predicted molar refractivity (Wildman–Crippen MR) is 77.1 cm³/mol. The summed E-state index contributed by atoms with van der Waals surface area (Å²) in [5.41, 5.74) is 3.46. The Morgan fingerprint density at radius 1 is 1.00 bits per heavy atom. The van der Waals surface area contributed by atoms with Crippen LogP contribution in [0.3, 0.4) is 0 Å². The minimum atomic E-state index is -0.674. The molecule has 0 atom stereocenters. The molecule has 106 valence electrons. The smallest absolute Gasteiger partial charge is 0.243 e. The van der Waals surface area contributed by atoms with E-state index in [9.17, 15) is 4.79 Å². The van der Waals surface area contributed by atoms with Gasteiger partial charge in [-0.15, -0.1) is 0 Å². The van der Waals surface area contributed by atoms with Crippen molar-refractivity contribution < 1.29 is 9.53 Å². The number of nitrogens with one attached hydrogen (secondary N) is 3. The number of anilines is 1. The number of carbonyl (C=O) groups is 1. The van der Waals surface area contributed by atoms with Crippen LogP contribution < -0.4 is 16.0 Å². The van der Waals surface area contributed by atoms with Gasteiger partial charge in [0.05, 0.1) is 0 Å². The fraction of sp³-hybridized carbons (Fsp3) is 0.312. The molecule has 1 amide bonds. The molecule has 0 aliphatic carbocycles. The van der Waals surface area contributed by atoms with Crippen LogP contribution >= 0.6 is 0 Å². The van der Waals surface area contributed by atoms with Gasteiger partial charge in [0.1, 0.15) is 5.41 Å². The lowest BCUT2D eigenvalue weighted by atomic mass is 9.67. The summed E-state index contributed by atoms with van der Waals surface area (Å²) < 4.78 is 5.94. The van der Waals surface area contributed by atoms with Gasteiger partial charge in [0, 0.05) is 29.9 Å². The van der Waals surface area contributed by atoms with E-state index in [1.807, 2.05) is 18.2 Å². The van der Waals surface area contributed by atoms with Gasteiger partial charge in [-0.05, 0) is 24.5 Å². The Kier molecular flexibility index (Phi) is 1.93. The fourth-order valence-corrected chi connectivity index (χ4v) is 4.09. The molecule has 5 rings (SSSR count). The third-order valence-electron chi connectivity index (χ3n) is 4.90. The fourth-order valence-electron chi connectivity index (χ4n) is 4.09. The van der Waals surface area contributed by atoms with Crippen molar-refractivity contribution in [3.63, 3.8) is 0 Å². The van der Waals surface area contributed by atoms with Crippen molar-refractivity contribution in [3.8, 4) is 0 Å². The molecule has 0 bridgehead atoms. The van der Waals surface area contributed by atoms with E-state index in [1.165, 1.54) is 0 Å². The largest absolute Gasteiger partial charge is 0.425 e. The van der Waals surface area contributed by atoms with Crippen LogP contribution in [0.15, 0.2) is 47.2 Å². The molecule has 1 aromatic carbocycles. The summed E-state index contributed by atoms with van der Waals surface area (Å²) in [7, 11) is 0. The Balaban J connectivity index is 1.86. The SMILES string of the molecule is O=C1Nc2ccccc2C12C1=C(NCC1)OC1=C2CCN1. The number of benzene rings is 1. The quantitative estimate of drug-likeness (QED) is 0.671. The van der Waals surface area contributed by atoms with Crippen molar-refractivity contribution in [1.82, 2.24) is 10.6 Å².